The Morgan fingerprint density at radius 1 is 1.10 bits per heavy atom. The number of guanidine groups is 1. The Morgan fingerprint density at radius 2 is 1.80 bits per heavy atom. The van der Waals surface area contributed by atoms with Gasteiger partial charge in [-0.05, 0) is 46.8 Å². The molecule has 1 heterocycles. The Balaban J connectivity index is 1.86. The molecule has 1 aromatic rings. The number of para-hydroxylation sites is 1. The van der Waals surface area contributed by atoms with E-state index in [0.717, 1.165) is 22.6 Å². The zero-order chi connectivity index (χ0) is 13.9. The number of aliphatic imine (C=N–C) groups is 1. The van der Waals surface area contributed by atoms with Gasteiger partial charge in [-0.25, -0.2) is 0 Å². The Bertz CT molecular complexity index is 492. The van der Waals surface area contributed by atoms with Gasteiger partial charge < -0.3 is 10.6 Å². The van der Waals surface area contributed by atoms with Gasteiger partial charge in [-0.2, -0.15) is 0 Å². The lowest BCUT2D eigenvalue weighted by Gasteiger charge is -2.32. The molecule has 108 valence electrons. The molecule has 20 heavy (non-hydrogen) atoms. The van der Waals surface area contributed by atoms with E-state index in [2.05, 4.69) is 44.0 Å². The molecule has 3 nitrogen and oxygen atoms in total. The monoisotopic (exact) mass is 335 g/mol. The van der Waals surface area contributed by atoms with E-state index < -0.39 is 0 Å². The van der Waals surface area contributed by atoms with Crippen molar-refractivity contribution in [3.8, 4) is 0 Å². The summed E-state index contributed by atoms with van der Waals surface area (Å²) in [7, 11) is 0. The van der Waals surface area contributed by atoms with Crippen LogP contribution in [0.4, 0.5) is 5.69 Å². The van der Waals surface area contributed by atoms with Crippen molar-refractivity contribution in [3.63, 3.8) is 0 Å². The second-order valence-corrected chi connectivity index (χ2v) is 6.69. The van der Waals surface area contributed by atoms with Crippen LogP contribution in [0.25, 0.3) is 0 Å². The van der Waals surface area contributed by atoms with Gasteiger partial charge in [0, 0.05) is 4.47 Å². The quantitative estimate of drug-likeness (QED) is 0.832. The van der Waals surface area contributed by atoms with E-state index in [1.165, 1.54) is 38.5 Å². The summed E-state index contributed by atoms with van der Waals surface area (Å²) in [5, 5.41) is 0. The number of hydrogen-bond acceptors (Lipinski definition) is 3. The van der Waals surface area contributed by atoms with Gasteiger partial charge in [0.05, 0.1) is 18.3 Å². The highest BCUT2D eigenvalue weighted by molar-refractivity contribution is 9.10. The largest absolute Gasteiger partial charge is 0.370 e. The van der Waals surface area contributed by atoms with E-state index in [0.29, 0.717) is 12.0 Å². The van der Waals surface area contributed by atoms with Gasteiger partial charge >= 0.3 is 0 Å². The van der Waals surface area contributed by atoms with Crippen molar-refractivity contribution in [2.45, 2.75) is 44.6 Å². The molecule has 1 unspecified atom stereocenters. The third kappa shape index (κ3) is 2.71. The molecule has 1 fully saturated rings. The van der Waals surface area contributed by atoms with E-state index in [1.54, 1.807) is 0 Å². The number of benzene rings is 1. The van der Waals surface area contributed by atoms with Gasteiger partial charge in [0.2, 0.25) is 0 Å². The van der Waals surface area contributed by atoms with Crippen molar-refractivity contribution < 1.29 is 0 Å². The van der Waals surface area contributed by atoms with Crippen LogP contribution in [-0.2, 0) is 0 Å². The van der Waals surface area contributed by atoms with Crippen molar-refractivity contribution >= 4 is 27.6 Å². The van der Waals surface area contributed by atoms with E-state index in [1.807, 2.05) is 6.07 Å². The third-order valence-corrected chi connectivity index (χ3v) is 5.25. The lowest BCUT2D eigenvalue weighted by atomic mass is 9.91. The smallest absolute Gasteiger partial charge is 0.196 e. The molecule has 0 radical (unpaired) electrons. The molecular formula is C16H22BrN3. The van der Waals surface area contributed by atoms with Crippen LogP contribution in [0.5, 0.6) is 0 Å². The number of nitrogens with zero attached hydrogens (tertiary/aromatic N) is 2. The fraction of sp³-hybridized carbons (Fsp3) is 0.562. The van der Waals surface area contributed by atoms with Crippen LogP contribution in [0.2, 0.25) is 0 Å². The van der Waals surface area contributed by atoms with Gasteiger partial charge in [0.1, 0.15) is 0 Å². The normalized spacial score (nSPS) is 24.6. The average molecular weight is 336 g/mol. The summed E-state index contributed by atoms with van der Waals surface area (Å²) in [4.78, 5) is 6.77. The van der Waals surface area contributed by atoms with E-state index in [4.69, 9.17) is 5.73 Å². The Labute approximate surface area is 129 Å². The second-order valence-electron chi connectivity index (χ2n) is 5.84. The number of anilines is 1. The maximum atomic E-state index is 6.17. The zero-order valence-electron chi connectivity index (χ0n) is 11.8. The van der Waals surface area contributed by atoms with Crippen LogP contribution in [0, 0.1) is 5.92 Å². The van der Waals surface area contributed by atoms with Gasteiger partial charge in [-0.15, -0.1) is 0 Å². The van der Waals surface area contributed by atoms with Crippen molar-refractivity contribution in [2.24, 2.45) is 16.6 Å². The van der Waals surface area contributed by atoms with Crippen LogP contribution in [0.3, 0.4) is 0 Å². The molecule has 0 saturated heterocycles. The fourth-order valence-corrected chi connectivity index (χ4v) is 4.00. The first kappa shape index (κ1) is 13.9. The summed E-state index contributed by atoms with van der Waals surface area (Å²) in [5.41, 5.74) is 7.32. The van der Waals surface area contributed by atoms with Crippen LogP contribution in [0.1, 0.15) is 38.5 Å². The Morgan fingerprint density at radius 3 is 2.50 bits per heavy atom. The maximum absolute atomic E-state index is 6.17. The fourth-order valence-electron chi connectivity index (χ4n) is 3.52. The first-order chi connectivity index (χ1) is 9.77. The molecule has 3 rings (SSSR count). The third-order valence-electron chi connectivity index (χ3n) is 4.57. The lowest BCUT2D eigenvalue weighted by Crippen LogP contribution is -2.45. The summed E-state index contributed by atoms with van der Waals surface area (Å²) in [5.74, 6) is 1.39. The van der Waals surface area contributed by atoms with E-state index in [-0.39, 0.29) is 0 Å². The lowest BCUT2D eigenvalue weighted by molar-refractivity contribution is 0.389. The summed E-state index contributed by atoms with van der Waals surface area (Å²) < 4.78 is 1.10. The molecule has 4 heteroatoms. The standard InChI is InChI=1S/C16H22BrN3/c17-13-9-5-6-10-14(13)20-15(11-19-16(20)18)12-7-3-1-2-4-8-12/h5-6,9-10,12,15H,1-4,7-8,11H2,(H2,18,19). The predicted octanol–water partition coefficient (Wildman–Crippen LogP) is 3.92. The number of hydrogen-bond donors (Lipinski definition) is 1. The Hall–Kier alpha value is -1.03. The average Bonchev–Trinajstić information content (AvgIpc) is 2.67. The van der Waals surface area contributed by atoms with Gasteiger partial charge in [-0.1, -0.05) is 37.8 Å². The summed E-state index contributed by atoms with van der Waals surface area (Å²) in [6, 6.07) is 8.74. The molecule has 1 atom stereocenters. The highest BCUT2D eigenvalue weighted by Crippen LogP contribution is 2.35. The maximum Gasteiger partial charge on any atom is 0.196 e. The number of rotatable bonds is 2. The van der Waals surface area contributed by atoms with Crippen LogP contribution in [0.15, 0.2) is 33.7 Å². The minimum Gasteiger partial charge on any atom is -0.370 e. The van der Waals surface area contributed by atoms with Crippen molar-refractivity contribution in [1.82, 2.24) is 0 Å². The first-order valence-corrected chi connectivity index (χ1v) is 8.40. The highest BCUT2D eigenvalue weighted by Gasteiger charge is 2.34. The molecule has 0 bridgehead atoms. The van der Waals surface area contributed by atoms with Crippen LogP contribution < -0.4 is 10.6 Å². The Kier molecular flexibility index (Phi) is 4.29. The molecule has 0 amide bonds. The molecule has 1 aromatic carbocycles. The topological polar surface area (TPSA) is 41.6 Å². The SMILES string of the molecule is NC1=NCC(C2CCCCCC2)N1c1ccccc1Br. The van der Waals surface area contributed by atoms with Crippen molar-refractivity contribution in [1.29, 1.82) is 0 Å². The summed E-state index contributed by atoms with van der Waals surface area (Å²) >= 11 is 3.65. The predicted molar refractivity (Wildman–Crippen MR) is 88.1 cm³/mol. The van der Waals surface area contributed by atoms with Crippen LogP contribution in [-0.4, -0.2) is 18.5 Å². The van der Waals surface area contributed by atoms with Crippen LogP contribution >= 0.6 is 15.9 Å². The molecule has 0 spiro atoms. The van der Waals surface area contributed by atoms with Crippen molar-refractivity contribution in [2.75, 3.05) is 11.4 Å². The zero-order valence-corrected chi connectivity index (χ0v) is 13.3. The van der Waals surface area contributed by atoms with Gasteiger partial charge in [0.25, 0.3) is 0 Å². The van der Waals surface area contributed by atoms with Gasteiger partial charge in [0.15, 0.2) is 5.96 Å². The summed E-state index contributed by atoms with van der Waals surface area (Å²) in [6.45, 7) is 0.845. The minimum absolute atomic E-state index is 0.437. The molecule has 1 aliphatic carbocycles. The second kappa shape index (κ2) is 6.17. The minimum atomic E-state index is 0.437. The van der Waals surface area contributed by atoms with Crippen molar-refractivity contribution in [3.05, 3.63) is 28.7 Å². The summed E-state index contributed by atoms with van der Waals surface area (Å²) in [6.07, 6.45) is 8.10. The molecule has 1 aliphatic heterocycles. The van der Waals surface area contributed by atoms with E-state index >= 15 is 0 Å². The molecular weight excluding hydrogens is 314 g/mol. The molecule has 2 aliphatic rings. The molecule has 1 saturated carbocycles. The highest BCUT2D eigenvalue weighted by atomic mass is 79.9. The number of nitrogens with two attached hydrogens (primary N) is 1. The first-order valence-electron chi connectivity index (χ1n) is 7.61. The van der Waals surface area contributed by atoms with Gasteiger partial charge in [-0.3, -0.25) is 4.99 Å². The molecule has 0 aromatic heterocycles. The van der Waals surface area contributed by atoms with E-state index in [9.17, 15) is 0 Å². The molecule has 2 N–H and O–H groups in total. The number of halogens is 1.